The Balaban J connectivity index is 2.03. The molecule has 1 heterocycles. The molecule has 156 valence electrons. The molecule has 0 amide bonds. The van der Waals surface area contributed by atoms with Gasteiger partial charge in [-0.05, 0) is 36.4 Å². The number of aromatic nitrogens is 1. The molecular weight excluding hydrogens is 473 g/mol. The fraction of sp³-hybridized carbons (Fsp3) is 0.0435. The van der Waals surface area contributed by atoms with E-state index in [1.165, 1.54) is 24.4 Å². The van der Waals surface area contributed by atoms with E-state index in [1.54, 1.807) is 36.4 Å². The van der Waals surface area contributed by atoms with Gasteiger partial charge >= 0.3 is 6.18 Å². The van der Waals surface area contributed by atoms with Crippen molar-refractivity contribution in [2.24, 2.45) is 4.99 Å². The molecule has 1 N–H and O–H groups in total. The zero-order valence-corrected chi connectivity index (χ0v) is 17.4. The first-order chi connectivity index (χ1) is 14.8. The van der Waals surface area contributed by atoms with Gasteiger partial charge in [-0.3, -0.25) is 9.79 Å². The molecule has 0 spiro atoms. The van der Waals surface area contributed by atoms with Gasteiger partial charge in [0.15, 0.2) is 0 Å². The number of rotatable bonds is 3. The summed E-state index contributed by atoms with van der Waals surface area (Å²) in [6.07, 6.45) is -3.37. The van der Waals surface area contributed by atoms with Crippen molar-refractivity contribution >= 4 is 38.6 Å². The van der Waals surface area contributed by atoms with Gasteiger partial charge < -0.3 is 5.11 Å². The van der Waals surface area contributed by atoms with Crippen molar-refractivity contribution in [3.8, 4) is 11.6 Å². The highest BCUT2D eigenvalue weighted by molar-refractivity contribution is 9.10. The second kappa shape index (κ2) is 8.03. The fourth-order valence-electron chi connectivity index (χ4n) is 3.32. The molecular formula is C23H14BrF3N2O2. The first kappa shape index (κ1) is 20.9. The summed E-state index contributed by atoms with van der Waals surface area (Å²) in [7, 11) is 0. The summed E-state index contributed by atoms with van der Waals surface area (Å²) in [5.41, 5.74) is -1.55. The average molecular weight is 487 g/mol. The van der Waals surface area contributed by atoms with Crippen LogP contribution in [-0.2, 0) is 6.18 Å². The van der Waals surface area contributed by atoms with E-state index >= 15 is 0 Å². The maximum atomic E-state index is 13.6. The number of aliphatic imine (C=N–C) groups is 1. The van der Waals surface area contributed by atoms with Crippen LogP contribution in [0.1, 0.15) is 11.1 Å². The van der Waals surface area contributed by atoms with E-state index in [4.69, 9.17) is 0 Å². The van der Waals surface area contributed by atoms with Crippen LogP contribution in [0.25, 0.3) is 16.5 Å². The number of halogens is 4. The predicted octanol–water partition coefficient (Wildman–Crippen LogP) is 6.23. The highest BCUT2D eigenvalue weighted by Gasteiger charge is 2.34. The van der Waals surface area contributed by atoms with E-state index in [0.29, 0.717) is 15.6 Å². The number of fused-ring (bicyclic) bond motifs is 1. The zero-order valence-electron chi connectivity index (χ0n) is 15.8. The summed E-state index contributed by atoms with van der Waals surface area (Å²) in [6.45, 7) is 0. The number of hydrogen-bond donors (Lipinski definition) is 1. The van der Waals surface area contributed by atoms with Crippen LogP contribution < -0.4 is 5.56 Å². The van der Waals surface area contributed by atoms with Crippen LogP contribution in [0, 0.1) is 0 Å². The molecule has 0 bridgehead atoms. The number of alkyl halides is 3. The summed E-state index contributed by atoms with van der Waals surface area (Å²) < 4.78 is 42.2. The van der Waals surface area contributed by atoms with E-state index < -0.39 is 28.9 Å². The van der Waals surface area contributed by atoms with Crippen molar-refractivity contribution < 1.29 is 18.3 Å². The van der Waals surface area contributed by atoms with Crippen LogP contribution in [-0.4, -0.2) is 15.9 Å². The van der Waals surface area contributed by atoms with Gasteiger partial charge in [-0.1, -0.05) is 52.3 Å². The van der Waals surface area contributed by atoms with Gasteiger partial charge in [-0.2, -0.15) is 13.2 Å². The Morgan fingerprint density at radius 2 is 1.61 bits per heavy atom. The number of nitrogens with zero attached hydrogens (tertiary/aromatic N) is 2. The van der Waals surface area contributed by atoms with Crippen LogP contribution in [0.3, 0.4) is 0 Å². The SMILES string of the molecule is O=c1c2ccccc2c(C=Nc2cccc(Br)c2)c(O)n1-c1ccccc1C(F)(F)F. The molecule has 0 fully saturated rings. The second-order valence-electron chi connectivity index (χ2n) is 6.68. The highest BCUT2D eigenvalue weighted by atomic mass is 79.9. The lowest BCUT2D eigenvalue weighted by molar-refractivity contribution is -0.137. The number of hydrogen-bond acceptors (Lipinski definition) is 3. The lowest BCUT2D eigenvalue weighted by Crippen LogP contribution is -2.23. The fourth-order valence-corrected chi connectivity index (χ4v) is 3.70. The quantitative estimate of drug-likeness (QED) is 0.349. The van der Waals surface area contributed by atoms with Crippen LogP contribution in [0.5, 0.6) is 5.88 Å². The molecule has 0 unspecified atom stereocenters. The minimum atomic E-state index is -4.71. The lowest BCUT2D eigenvalue weighted by Gasteiger charge is -2.18. The standard InChI is InChI=1S/C23H14BrF3N2O2/c24-14-6-5-7-15(12-14)28-13-18-16-8-1-2-9-17(16)21(30)29(22(18)31)20-11-4-3-10-19(20)23(25,26)27/h1-13,31H. The van der Waals surface area contributed by atoms with Crippen molar-refractivity contribution in [1.82, 2.24) is 4.57 Å². The van der Waals surface area contributed by atoms with Crippen molar-refractivity contribution in [2.45, 2.75) is 6.18 Å². The number of aromatic hydroxyl groups is 1. The van der Waals surface area contributed by atoms with E-state index in [9.17, 15) is 23.1 Å². The summed E-state index contributed by atoms with van der Waals surface area (Å²) in [5, 5.41) is 11.5. The molecule has 31 heavy (non-hydrogen) atoms. The first-order valence-corrected chi connectivity index (χ1v) is 9.89. The van der Waals surface area contributed by atoms with Gasteiger partial charge in [-0.15, -0.1) is 0 Å². The molecule has 0 saturated heterocycles. The molecule has 0 radical (unpaired) electrons. The van der Waals surface area contributed by atoms with E-state index in [1.807, 2.05) is 6.07 Å². The molecule has 1 aromatic heterocycles. The average Bonchev–Trinajstić information content (AvgIpc) is 2.73. The normalized spacial score (nSPS) is 12.0. The third-order valence-corrected chi connectivity index (χ3v) is 5.20. The zero-order chi connectivity index (χ0) is 22.2. The number of para-hydroxylation sites is 1. The minimum absolute atomic E-state index is 0.132. The van der Waals surface area contributed by atoms with Crippen LogP contribution in [0.15, 0.2) is 87.1 Å². The Morgan fingerprint density at radius 1 is 0.935 bits per heavy atom. The molecule has 4 nitrogen and oxygen atoms in total. The summed E-state index contributed by atoms with van der Waals surface area (Å²) in [5.74, 6) is -0.626. The van der Waals surface area contributed by atoms with Crippen molar-refractivity contribution in [3.63, 3.8) is 0 Å². The monoisotopic (exact) mass is 486 g/mol. The summed E-state index contributed by atoms with van der Waals surface area (Å²) in [4.78, 5) is 17.4. The third-order valence-electron chi connectivity index (χ3n) is 4.70. The van der Waals surface area contributed by atoms with Crippen molar-refractivity contribution in [2.75, 3.05) is 0 Å². The van der Waals surface area contributed by atoms with Crippen molar-refractivity contribution in [3.05, 3.63) is 98.7 Å². The topological polar surface area (TPSA) is 54.6 Å². The van der Waals surface area contributed by atoms with Crippen LogP contribution in [0.4, 0.5) is 18.9 Å². The van der Waals surface area contributed by atoms with Gasteiger partial charge in [0.2, 0.25) is 5.88 Å². The predicted molar refractivity (Wildman–Crippen MR) is 118 cm³/mol. The Kier molecular flexibility index (Phi) is 5.41. The van der Waals surface area contributed by atoms with Gasteiger partial charge in [0.1, 0.15) is 0 Å². The molecule has 0 aliphatic rings. The maximum absolute atomic E-state index is 13.6. The van der Waals surface area contributed by atoms with E-state index in [2.05, 4.69) is 20.9 Å². The Morgan fingerprint density at radius 3 is 2.32 bits per heavy atom. The van der Waals surface area contributed by atoms with Crippen LogP contribution >= 0.6 is 15.9 Å². The Hall–Kier alpha value is -3.39. The molecule has 0 aliphatic heterocycles. The Bertz CT molecular complexity index is 1380. The Labute approximate surface area is 183 Å². The smallest absolute Gasteiger partial charge is 0.418 e. The highest BCUT2D eigenvalue weighted by Crippen LogP contribution is 2.36. The van der Waals surface area contributed by atoms with Gasteiger partial charge in [0.05, 0.1) is 22.5 Å². The first-order valence-electron chi connectivity index (χ1n) is 9.10. The molecule has 0 aliphatic carbocycles. The van der Waals surface area contributed by atoms with E-state index in [-0.39, 0.29) is 10.9 Å². The molecule has 4 rings (SSSR count). The minimum Gasteiger partial charge on any atom is -0.494 e. The number of benzene rings is 3. The van der Waals surface area contributed by atoms with Gasteiger partial charge in [-0.25, -0.2) is 4.57 Å². The molecule has 3 aromatic carbocycles. The van der Waals surface area contributed by atoms with Gasteiger partial charge in [0.25, 0.3) is 5.56 Å². The second-order valence-corrected chi connectivity index (χ2v) is 7.59. The van der Waals surface area contributed by atoms with Crippen molar-refractivity contribution in [1.29, 1.82) is 0 Å². The summed E-state index contributed by atoms with van der Waals surface area (Å²) in [6, 6.07) is 18.1. The molecule has 8 heteroatoms. The number of pyridine rings is 1. The third kappa shape index (κ3) is 3.98. The molecule has 0 saturated carbocycles. The molecule has 4 aromatic rings. The lowest BCUT2D eigenvalue weighted by atomic mass is 10.1. The van der Waals surface area contributed by atoms with Gasteiger partial charge in [0, 0.05) is 21.5 Å². The summed E-state index contributed by atoms with van der Waals surface area (Å²) >= 11 is 3.35. The largest absolute Gasteiger partial charge is 0.494 e. The molecule has 0 atom stereocenters. The van der Waals surface area contributed by atoms with E-state index in [0.717, 1.165) is 16.6 Å². The maximum Gasteiger partial charge on any atom is 0.418 e. The van der Waals surface area contributed by atoms with Crippen LogP contribution in [0.2, 0.25) is 0 Å².